The lowest BCUT2D eigenvalue weighted by molar-refractivity contribution is 0.0951. The van der Waals surface area contributed by atoms with E-state index in [1.54, 1.807) is 6.07 Å². The summed E-state index contributed by atoms with van der Waals surface area (Å²) in [6, 6.07) is 17.1. The zero-order chi connectivity index (χ0) is 16.8. The van der Waals surface area contributed by atoms with Crippen LogP contribution in [0.3, 0.4) is 0 Å². The maximum atomic E-state index is 12.5. The summed E-state index contributed by atoms with van der Waals surface area (Å²) in [6.45, 7) is 2.34. The van der Waals surface area contributed by atoms with E-state index in [1.807, 2.05) is 48.5 Å². The highest BCUT2D eigenvalue weighted by Crippen LogP contribution is 2.20. The second kappa shape index (κ2) is 7.64. The van der Waals surface area contributed by atoms with Crippen LogP contribution in [0, 0.1) is 0 Å². The number of carbonyl (C=O) groups is 1. The minimum absolute atomic E-state index is 0.146. The van der Waals surface area contributed by atoms with Gasteiger partial charge in [-0.1, -0.05) is 42.5 Å². The van der Waals surface area contributed by atoms with Crippen molar-refractivity contribution >= 4 is 17.6 Å². The second-order valence-electron chi connectivity index (χ2n) is 5.85. The number of nitrogens with zero attached hydrogens (tertiary/aromatic N) is 2. The molecule has 0 aromatic heterocycles. The molecule has 1 aliphatic heterocycles. The Labute approximate surface area is 142 Å². The number of amides is 1. The van der Waals surface area contributed by atoms with Crippen LogP contribution in [0.4, 0.5) is 5.69 Å². The van der Waals surface area contributed by atoms with Crippen LogP contribution in [0.25, 0.3) is 0 Å². The molecule has 1 fully saturated rings. The smallest absolute Gasteiger partial charge is 0.253 e. The first kappa shape index (κ1) is 16.1. The van der Waals surface area contributed by atoms with Crippen LogP contribution in [-0.4, -0.2) is 29.9 Å². The highest BCUT2D eigenvalue weighted by molar-refractivity contribution is 6.00. The molecular weight excluding hydrogens is 300 g/mol. The van der Waals surface area contributed by atoms with Crippen molar-refractivity contribution in [2.24, 2.45) is 10.7 Å². The molecule has 1 aliphatic rings. The third kappa shape index (κ3) is 3.93. The van der Waals surface area contributed by atoms with Gasteiger partial charge in [0.1, 0.15) is 0 Å². The predicted molar refractivity (Wildman–Crippen MR) is 96.1 cm³/mol. The number of likely N-dealkylation sites (tertiary alicyclic amines) is 1. The largest absolute Gasteiger partial charge is 0.369 e. The number of para-hydroxylation sites is 1. The Bertz CT molecular complexity index is 721. The standard InChI is InChI=1S/C19H22N4O/c20-19(23-12-6-7-13-23)22-17-11-5-4-10-16(17)18(24)21-14-15-8-2-1-3-9-15/h1-5,8-11H,6-7,12-14H2,(H2,20,22)(H,21,24). The number of guanidine groups is 1. The Kier molecular flexibility index (Phi) is 5.11. The lowest BCUT2D eigenvalue weighted by atomic mass is 10.1. The van der Waals surface area contributed by atoms with Crippen LogP contribution in [0.2, 0.25) is 0 Å². The Morgan fingerprint density at radius 2 is 1.71 bits per heavy atom. The first-order chi connectivity index (χ1) is 11.7. The normalized spacial score (nSPS) is 14.7. The van der Waals surface area contributed by atoms with Crippen LogP contribution in [0.15, 0.2) is 59.6 Å². The first-order valence-corrected chi connectivity index (χ1v) is 8.24. The van der Waals surface area contributed by atoms with Gasteiger partial charge in [0.15, 0.2) is 5.96 Å². The highest BCUT2D eigenvalue weighted by Gasteiger charge is 2.15. The lowest BCUT2D eigenvalue weighted by Gasteiger charge is -2.16. The first-order valence-electron chi connectivity index (χ1n) is 8.24. The summed E-state index contributed by atoms with van der Waals surface area (Å²) in [4.78, 5) is 19.0. The van der Waals surface area contributed by atoms with Crippen LogP contribution < -0.4 is 11.1 Å². The van der Waals surface area contributed by atoms with Crippen molar-refractivity contribution in [1.29, 1.82) is 0 Å². The molecule has 1 heterocycles. The number of hydrogen-bond donors (Lipinski definition) is 2. The minimum Gasteiger partial charge on any atom is -0.369 e. The van der Waals surface area contributed by atoms with E-state index in [0.717, 1.165) is 31.5 Å². The maximum Gasteiger partial charge on any atom is 0.253 e. The van der Waals surface area contributed by atoms with E-state index in [0.29, 0.717) is 23.8 Å². The molecule has 0 radical (unpaired) electrons. The molecule has 1 saturated heterocycles. The van der Waals surface area contributed by atoms with Crippen molar-refractivity contribution in [3.63, 3.8) is 0 Å². The summed E-state index contributed by atoms with van der Waals surface area (Å²) in [6.07, 6.45) is 2.27. The predicted octanol–water partition coefficient (Wildman–Crippen LogP) is 2.66. The molecule has 1 amide bonds. The molecule has 2 aromatic rings. The van der Waals surface area contributed by atoms with E-state index in [1.165, 1.54) is 0 Å². The summed E-state index contributed by atoms with van der Waals surface area (Å²) in [7, 11) is 0. The SMILES string of the molecule is NC(=Nc1ccccc1C(=O)NCc1ccccc1)N1CCCC1. The summed E-state index contributed by atoms with van der Waals surface area (Å²) in [5.41, 5.74) is 8.29. The average Bonchev–Trinajstić information content (AvgIpc) is 3.16. The quantitative estimate of drug-likeness (QED) is 0.671. The zero-order valence-corrected chi connectivity index (χ0v) is 13.6. The number of benzene rings is 2. The van der Waals surface area contributed by atoms with Crippen LogP contribution in [0.5, 0.6) is 0 Å². The second-order valence-corrected chi connectivity index (χ2v) is 5.85. The molecular formula is C19H22N4O. The number of nitrogens with two attached hydrogens (primary N) is 1. The van der Waals surface area contributed by atoms with E-state index in [4.69, 9.17) is 5.73 Å². The van der Waals surface area contributed by atoms with Gasteiger partial charge in [0.2, 0.25) is 0 Å². The monoisotopic (exact) mass is 322 g/mol. The van der Waals surface area contributed by atoms with Gasteiger partial charge in [-0.25, -0.2) is 4.99 Å². The molecule has 24 heavy (non-hydrogen) atoms. The molecule has 0 atom stereocenters. The zero-order valence-electron chi connectivity index (χ0n) is 13.6. The average molecular weight is 322 g/mol. The molecule has 0 saturated carbocycles. The van der Waals surface area contributed by atoms with Gasteiger partial charge in [-0.05, 0) is 30.5 Å². The van der Waals surface area contributed by atoms with Gasteiger partial charge < -0.3 is 16.0 Å². The minimum atomic E-state index is -0.146. The maximum absolute atomic E-state index is 12.5. The van der Waals surface area contributed by atoms with Gasteiger partial charge in [0.05, 0.1) is 11.3 Å². The fourth-order valence-electron chi connectivity index (χ4n) is 2.78. The van der Waals surface area contributed by atoms with Gasteiger partial charge in [0, 0.05) is 19.6 Å². The third-order valence-corrected chi connectivity index (χ3v) is 4.11. The lowest BCUT2D eigenvalue weighted by Crippen LogP contribution is -2.34. The molecule has 5 heteroatoms. The molecule has 3 N–H and O–H groups in total. The Balaban J connectivity index is 1.73. The van der Waals surface area contributed by atoms with Gasteiger partial charge in [-0.2, -0.15) is 0 Å². The van der Waals surface area contributed by atoms with Crippen molar-refractivity contribution in [2.45, 2.75) is 19.4 Å². The van der Waals surface area contributed by atoms with Crippen LogP contribution in [0.1, 0.15) is 28.8 Å². The van der Waals surface area contributed by atoms with Gasteiger partial charge in [-0.3, -0.25) is 4.79 Å². The Morgan fingerprint density at radius 1 is 1.04 bits per heavy atom. The summed E-state index contributed by atoms with van der Waals surface area (Å²) < 4.78 is 0. The highest BCUT2D eigenvalue weighted by atomic mass is 16.1. The summed E-state index contributed by atoms with van der Waals surface area (Å²) in [5.74, 6) is 0.336. The molecule has 5 nitrogen and oxygen atoms in total. The third-order valence-electron chi connectivity index (χ3n) is 4.11. The molecule has 124 valence electrons. The Hall–Kier alpha value is -2.82. The van der Waals surface area contributed by atoms with E-state index in [2.05, 4.69) is 15.2 Å². The van der Waals surface area contributed by atoms with Crippen molar-refractivity contribution in [3.8, 4) is 0 Å². The fraction of sp³-hybridized carbons (Fsp3) is 0.263. The van der Waals surface area contributed by atoms with Crippen LogP contribution >= 0.6 is 0 Å². The van der Waals surface area contributed by atoms with Crippen molar-refractivity contribution < 1.29 is 4.79 Å². The summed E-state index contributed by atoms with van der Waals surface area (Å²) in [5, 5.41) is 2.94. The van der Waals surface area contributed by atoms with Gasteiger partial charge in [-0.15, -0.1) is 0 Å². The van der Waals surface area contributed by atoms with E-state index < -0.39 is 0 Å². The number of carbonyl (C=O) groups excluding carboxylic acids is 1. The molecule has 0 unspecified atom stereocenters. The van der Waals surface area contributed by atoms with Crippen molar-refractivity contribution in [2.75, 3.05) is 13.1 Å². The van der Waals surface area contributed by atoms with Gasteiger partial charge in [0.25, 0.3) is 5.91 Å². The fourth-order valence-corrected chi connectivity index (χ4v) is 2.78. The van der Waals surface area contributed by atoms with Crippen molar-refractivity contribution in [1.82, 2.24) is 10.2 Å². The molecule has 0 spiro atoms. The number of rotatable bonds is 4. The van der Waals surface area contributed by atoms with E-state index in [-0.39, 0.29) is 5.91 Å². The molecule has 0 bridgehead atoms. The van der Waals surface area contributed by atoms with Crippen molar-refractivity contribution in [3.05, 3.63) is 65.7 Å². The topological polar surface area (TPSA) is 70.7 Å². The molecule has 0 aliphatic carbocycles. The van der Waals surface area contributed by atoms with E-state index >= 15 is 0 Å². The molecule has 2 aromatic carbocycles. The van der Waals surface area contributed by atoms with Crippen LogP contribution in [-0.2, 0) is 6.54 Å². The molecule has 3 rings (SSSR count). The van der Waals surface area contributed by atoms with E-state index in [9.17, 15) is 4.79 Å². The number of aliphatic imine (C=N–C) groups is 1. The summed E-state index contributed by atoms with van der Waals surface area (Å²) >= 11 is 0. The number of nitrogens with one attached hydrogen (secondary N) is 1. The Morgan fingerprint density at radius 3 is 2.46 bits per heavy atom. The van der Waals surface area contributed by atoms with Gasteiger partial charge >= 0.3 is 0 Å². The number of hydrogen-bond acceptors (Lipinski definition) is 2.